The van der Waals surface area contributed by atoms with Gasteiger partial charge >= 0.3 is 0 Å². The summed E-state index contributed by atoms with van der Waals surface area (Å²) < 4.78 is 0. The Morgan fingerprint density at radius 3 is 2.42 bits per heavy atom. The number of nitrogens with one attached hydrogen (secondary N) is 2. The standard InChI is InChI=1S/C21H24N2O2S/c1-15-6-2-5-9-19(15)21(25)22-14-20(24)23-16-10-12-18(13-11-16)26-17-7-3-4-8-17/h2,5-6,9-13,17H,3-4,7-8,14H2,1H3,(H,22,25)(H,23,24). The Bertz CT molecular complexity index is 768. The second-order valence-electron chi connectivity index (χ2n) is 6.59. The number of thioether (sulfide) groups is 1. The van der Waals surface area contributed by atoms with E-state index < -0.39 is 0 Å². The van der Waals surface area contributed by atoms with Crippen LogP contribution in [0.1, 0.15) is 41.6 Å². The number of hydrogen-bond acceptors (Lipinski definition) is 3. The molecule has 26 heavy (non-hydrogen) atoms. The summed E-state index contributed by atoms with van der Waals surface area (Å²) in [5.74, 6) is -0.468. The molecule has 2 N–H and O–H groups in total. The lowest BCUT2D eigenvalue weighted by Crippen LogP contribution is -2.33. The van der Waals surface area contributed by atoms with Crippen molar-refractivity contribution in [2.24, 2.45) is 0 Å². The number of amides is 2. The number of carbonyl (C=O) groups is 2. The van der Waals surface area contributed by atoms with E-state index in [2.05, 4.69) is 10.6 Å². The topological polar surface area (TPSA) is 58.2 Å². The molecule has 1 saturated carbocycles. The minimum Gasteiger partial charge on any atom is -0.343 e. The summed E-state index contributed by atoms with van der Waals surface area (Å²) in [5.41, 5.74) is 2.23. The predicted molar refractivity (Wildman–Crippen MR) is 107 cm³/mol. The Morgan fingerprint density at radius 1 is 1.04 bits per heavy atom. The van der Waals surface area contributed by atoms with Crippen LogP contribution in [0.3, 0.4) is 0 Å². The van der Waals surface area contributed by atoms with Crippen molar-refractivity contribution < 1.29 is 9.59 Å². The van der Waals surface area contributed by atoms with E-state index in [1.165, 1.54) is 30.6 Å². The van der Waals surface area contributed by atoms with E-state index in [1.54, 1.807) is 6.07 Å². The molecular weight excluding hydrogens is 344 g/mol. The van der Waals surface area contributed by atoms with Crippen molar-refractivity contribution in [2.75, 3.05) is 11.9 Å². The molecule has 5 heteroatoms. The fraction of sp³-hybridized carbons (Fsp3) is 0.333. The summed E-state index contributed by atoms with van der Waals surface area (Å²) in [5, 5.41) is 6.21. The molecule has 0 aliphatic heterocycles. The SMILES string of the molecule is Cc1ccccc1C(=O)NCC(=O)Nc1ccc(SC2CCCC2)cc1. The van der Waals surface area contributed by atoms with Gasteiger partial charge in [0, 0.05) is 21.4 Å². The third-order valence-corrected chi connectivity index (χ3v) is 5.89. The molecule has 2 amide bonds. The van der Waals surface area contributed by atoms with Gasteiger partial charge in [0.2, 0.25) is 5.91 Å². The third-order valence-electron chi connectivity index (χ3n) is 4.54. The predicted octanol–water partition coefficient (Wildman–Crippen LogP) is 4.40. The van der Waals surface area contributed by atoms with Gasteiger partial charge in [0.05, 0.1) is 6.54 Å². The molecule has 0 heterocycles. The molecule has 4 nitrogen and oxygen atoms in total. The summed E-state index contributed by atoms with van der Waals surface area (Å²) >= 11 is 1.92. The first-order valence-corrected chi connectivity index (χ1v) is 9.90. The molecular formula is C21H24N2O2S. The smallest absolute Gasteiger partial charge is 0.251 e. The van der Waals surface area contributed by atoms with Gasteiger partial charge in [-0.25, -0.2) is 0 Å². The van der Waals surface area contributed by atoms with E-state index in [0.29, 0.717) is 5.56 Å². The van der Waals surface area contributed by atoms with Crippen LogP contribution in [0.5, 0.6) is 0 Å². The number of anilines is 1. The lowest BCUT2D eigenvalue weighted by Gasteiger charge is -2.10. The molecule has 1 aliphatic carbocycles. The van der Waals surface area contributed by atoms with Gasteiger partial charge in [0.25, 0.3) is 5.91 Å². The molecule has 0 saturated heterocycles. The Kier molecular flexibility index (Phi) is 6.34. The molecule has 0 radical (unpaired) electrons. The largest absolute Gasteiger partial charge is 0.343 e. The van der Waals surface area contributed by atoms with E-state index in [9.17, 15) is 9.59 Å². The van der Waals surface area contributed by atoms with E-state index >= 15 is 0 Å². The molecule has 2 aromatic rings. The second kappa shape index (κ2) is 8.90. The molecule has 0 spiro atoms. The summed E-state index contributed by atoms with van der Waals surface area (Å²) in [6.45, 7) is 1.83. The van der Waals surface area contributed by atoms with Crippen molar-refractivity contribution in [3.8, 4) is 0 Å². The van der Waals surface area contributed by atoms with Gasteiger partial charge in [-0.2, -0.15) is 0 Å². The van der Waals surface area contributed by atoms with Crippen LogP contribution in [0.25, 0.3) is 0 Å². The minimum absolute atomic E-state index is 0.0499. The Labute approximate surface area is 158 Å². The highest BCUT2D eigenvalue weighted by molar-refractivity contribution is 8.00. The molecule has 1 aliphatic rings. The lowest BCUT2D eigenvalue weighted by molar-refractivity contribution is -0.115. The van der Waals surface area contributed by atoms with E-state index in [-0.39, 0.29) is 18.4 Å². The fourth-order valence-electron chi connectivity index (χ4n) is 3.10. The summed E-state index contributed by atoms with van der Waals surface area (Å²) in [4.78, 5) is 25.4. The van der Waals surface area contributed by atoms with Gasteiger partial charge < -0.3 is 10.6 Å². The van der Waals surface area contributed by atoms with Crippen molar-refractivity contribution in [2.45, 2.75) is 42.8 Å². The Hall–Kier alpha value is -2.27. The van der Waals surface area contributed by atoms with Crippen LogP contribution in [0.4, 0.5) is 5.69 Å². The number of hydrogen-bond donors (Lipinski definition) is 2. The van der Waals surface area contributed by atoms with Crippen molar-refractivity contribution in [3.63, 3.8) is 0 Å². The third kappa shape index (κ3) is 5.11. The molecule has 3 rings (SSSR count). The Morgan fingerprint density at radius 2 is 1.73 bits per heavy atom. The van der Waals surface area contributed by atoms with Crippen LogP contribution >= 0.6 is 11.8 Å². The number of benzene rings is 2. The monoisotopic (exact) mass is 368 g/mol. The highest BCUT2D eigenvalue weighted by Crippen LogP contribution is 2.34. The van der Waals surface area contributed by atoms with Gasteiger partial charge in [-0.05, 0) is 55.7 Å². The number of carbonyl (C=O) groups excluding carboxylic acids is 2. The van der Waals surface area contributed by atoms with Crippen LogP contribution < -0.4 is 10.6 Å². The van der Waals surface area contributed by atoms with Crippen LogP contribution in [0, 0.1) is 6.92 Å². The summed E-state index contributed by atoms with van der Waals surface area (Å²) in [6.07, 6.45) is 5.26. The maximum atomic E-state index is 12.1. The van der Waals surface area contributed by atoms with Crippen LogP contribution in [-0.4, -0.2) is 23.6 Å². The maximum Gasteiger partial charge on any atom is 0.251 e. The zero-order valence-corrected chi connectivity index (χ0v) is 15.8. The van der Waals surface area contributed by atoms with Gasteiger partial charge in [0.15, 0.2) is 0 Å². The quantitative estimate of drug-likeness (QED) is 0.795. The van der Waals surface area contributed by atoms with Gasteiger partial charge in [-0.15, -0.1) is 11.8 Å². The van der Waals surface area contributed by atoms with Gasteiger partial charge in [0.1, 0.15) is 0 Å². The average molecular weight is 369 g/mol. The maximum absolute atomic E-state index is 12.1. The van der Waals surface area contributed by atoms with Gasteiger partial charge in [-0.3, -0.25) is 9.59 Å². The molecule has 0 atom stereocenters. The minimum atomic E-state index is -0.235. The zero-order valence-electron chi connectivity index (χ0n) is 15.0. The van der Waals surface area contributed by atoms with Gasteiger partial charge in [-0.1, -0.05) is 31.0 Å². The Balaban J connectivity index is 1.47. The first-order valence-electron chi connectivity index (χ1n) is 9.02. The van der Waals surface area contributed by atoms with E-state index in [4.69, 9.17) is 0 Å². The molecule has 0 unspecified atom stereocenters. The highest BCUT2D eigenvalue weighted by atomic mass is 32.2. The van der Waals surface area contributed by atoms with Crippen molar-refractivity contribution in [1.29, 1.82) is 0 Å². The van der Waals surface area contributed by atoms with Crippen LogP contribution in [-0.2, 0) is 4.79 Å². The molecule has 0 aromatic heterocycles. The highest BCUT2D eigenvalue weighted by Gasteiger charge is 2.16. The summed E-state index contributed by atoms with van der Waals surface area (Å²) in [7, 11) is 0. The second-order valence-corrected chi connectivity index (χ2v) is 7.97. The average Bonchev–Trinajstić information content (AvgIpc) is 3.15. The molecule has 2 aromatic carbocycles. The first-order chi connectivity index (χ1) is 12.6. The molecule has 1 fully saturated rings. The van der Waals surface area contributed by atoms with E-state index in [0.717, 1.165) is 16.5 Å². The first kappa shape index (κ1) is 18.5. The van der Waals surface area contributed by atoms with Crippen molar-refractivity contribution >= 4 is 29.3 Å². The van der Waals surface area contributed by atoms with Crippen molar-refractivity contribution in [3.05, 3.63) is 59.7 Å². The number of rotatable bonds is 6. The van der Waals surface area contributed by atoms with Crippen LogP contribution in [0.2, 0.25) is 0 Å². The summed E-state index contributed by atoms with van der Waals surface area (Å²) in [6, 6.07) is 15.2. The zero-order chi connectivity index (χ0) is 18.4. The lowest BCUT2D eigenvalue weighted by atomic mass is 10.1. The molecule has 0 bridgehead atoms. The number of aryl methyl sites for hydroxylation is 1. The normalized spacial score (nSPS) is 14.2. The molecule has 136 valence electrons. The van der Waals surface area contributed by atoms with Crippen molar-refractivity contribution in [1.82, 2.24) is 5.32 Å². The van der Waals surface area contributed by atoms with Crippen LogP contribution in [0.15, 0.2) is 53.4 Å². The van der Waals surface area contributed by atoms with E-state index in [1.807, 2.05) is 61.2 Å². The fourth-order valence-corrected chi connectivity index (χ4v) is 4.35.